The smallest absolute Gasteiger partial charge is 0.335 e. The number of carbonyl (C=O) groups is 1. The average Bonchev–Trinajstić information content (AvgIpc) is 3.31. The Morgan fingerprint density at radius 3 is 2.78 bits per heavy atom. The quantitative estimate of drug-likeness (QED) is 0.694. The van der Waals surface area contributed by atoms with Crippen LogP contribution in [0.15, 0.2) is 42.1 Å². The first-order valence-electron chi connectivity index (χ1n) is 11.4. The van der Waals surface area contributed by atoms with Gasteiger partial charge in [-0.3, -0.25) is 0 Å². The molecule has 1 saturated heterocycles. The molecule has 0 amide bonds. The van der Waals surface area contributed by atoms with Crippen molar-refractivity contribution in [1.29, 1.82) is 0 Å². The maximum Gasteiger partial charge on any atom is 0.335 e. The summed E-state index contributed by atoms with van der Waals surface area (Å²) < 4.78 is 10.9. The highest BCUT2D eigenvalue weighted by atomic mass is 16.5. The predicted molar refractivity (Wildman–Crippen MR) is 124 cm³/mol. The number of hydrogen-bond donors (Lipinski definition) is 1. The number of benzene rings is 1. The number of carbonyl (C=O) groups excluding carboxylic acids is 1. The highest BCUT2D eigenvalue weighted by Crippen LogP contribution is 2.28. The number of ether oxygens (including phenoxy) is 2. The monoisotopic (exact) mass is 436 g/mol. The Hall–Kier alpha value is -2.93. The molecule has 2 aliphatic heterocycles. The van der Waals surface area contributed by atoms with Crippen molar-refractivity contribution >= 4 is 11.8 Å². The van der Waals surface area contributed by atoms with E-state index in [1.165, 1.54) is 7.11 Å². The van der Waals surface area contributed by atoms with E-state index in [0.29, 0.717) is 24.4 Å². The Morgan fingerprint density at radius 1 is 1.28 bits per heavy atom. The molecule has 1 N–H and O–H groups in total. The van der Waals surface area contributed by atoms with Gasteiger partial charge in [-0.2, -0.15) is 0 Å². The summed E-state index contributed by atoms with van der Waals surface area (Å²) in [6.45, 7) is 6.51. The Kier molecular flexibility index (Phi) is 7.05. The summed E-state index contributed by atoms with van der Waals surface area (Å²) in [4.78, 5) is 24.6. The molecule has 0 bridgehead atoms. The number of aromatic nitrogens is 2. The van der Waals surface area contributed by atoms with Crippen molar-refractivity contribution < 1.29 is 14.3 Å². The minimum atomic E-state index is -0.319. The molecular formula is C25H32N4O3. The minimum Gasteiger partial charge on any atom is -0.466 e. The highest BCUT2D eigenvalue weighted by Gasteiger charge is 2.25. The lowest BCUT2D eigenvalue weighted by molar-refractivity contribution is -0.136. The zero-order valence-corrected chi connectivity index (χ0v) is 19.1. The third-order valence-electron chi connectivity index (χ3n) is 6.05. The van der Waals surface area contributed by atoms with Gasteiger partial charge in [0.25, 0.3) is 0 Å². The van der Waals surface area contributed by atoms with Gasteiger partial charge in [-0.1, -0.05) is 30.3 Å². The van der Waals surface area contributed by atoms with Gasteiger partial charge < -0.3 is 19.7 Å². The first-order valence-corrected chi connectivity index (χ1v) is 11.4. The lowest BCUT2D eigenvalue weighted by Crippen LogP contribution is -2.31. The van der Waals surface area contributed by atoms with Gasteiger partial charge in [0.2, 0.25) is 0 Å². The SMILES string of the molecule is COC(=O)C1=CN(C(C)C)CCc2nc(-c3ccccc3)nc(NCC3CCCO3)c2C1. The van der Waals surface area contributed by atoms with E-state index in [1.54, 1.807) is 0 Å². The summed E-state index contributed by atoms with van der Waals surface area (Å²) in [6, 6.07) is 10.3. The predicted octanol–water partition coefficient (Wildman–Crippen LogP) is 3.60. The molecule has 0 saturated carbocycles. The number of fused-ring (bicyclic) bond motifs is 1. The zero-order chi connectivity index (χ0) is 22.5. The summed E-state index contributed by atoms with van der Waals surface area (Å²) in [7, 11) is 1.42. The minimum absolute atomic E-state index is 0.182. The van der Waals surface area contributed by atoms with Gasteiger partial charge in [0.15, 0.2) is 5.82 Å². The number of rotatable bonds is 6. The number of esters is 1. The van der Waals surface area contributed by atoms with Gasteiger partial charge in [-0.25, -0.2) is 14.8 Å². The molecule has 2 aliphatic rings. The van der Waals surface area contributed by atoms with E-state index in [0.717, 1.165) is 55.1 Å². The highest BCUT2D eigenvalue weighted by molar-refractivity contribution is 5.89. The molecule has 4 rings (SSSR count). The van der Waals surface area contributed by atoms with Crippen molar-refractivity contribution in [3.63, 3.8) is 0 Å². The fourth-order valence-electron chi connectivity index (χ4n) is 4.20. The van der Waals surface area contributed by atoms with Crippen LogP contribution in [-0.4, -0.2) is 59.8 Å². The fourth-order valence-corrected chi connectivity index (χ4v) is 4.20. The summed E-state index contributed by atoms with van der Waals surface area (Å²) in [6.07, 6.45) is 5.45. The normalized spacial score (nSPS) is 18.6. The van der Waals surface area contributed by atoms with Gasteiger partial charge in [0.1, 0.15) is 5.82 Å². The van der Waals surface area contributed by atoms with Crippen molar-refractivity contribution in [2.45, 2.75) is 51.7 Å². The Bertz CT molecular complexity index is 969. The van der Waals surface area contributed by atoms with E-state index in [9.17, 15) is 4.79 Å². The zero-order valence-electron chi connectivity index (χ0n) is 19.1. The van der Waals surface area contributed by atoms with Crippen molar-refractivity contribution in [2.24, 2.45) is 0 Å². The summed E-state index contributed by atoms with van der Waals surface area (Å²) in [5.74, 6) is 1.15. The van der Waals surface area contributed by atoms with Gasteiger partial charge in [-0.05, 0) is 26.7 Å². The Morgan fingerprint density at radius 2 is 2.09 bits per heavy atom. The molecule has 0 spiro atoms. The third kappa shape index (κ3) is 5.10. The first-order chi connectivity index (χ1) is 15.5. The molecule has 0 radical (unpaired) electrons. The lowest BCUT2D eigenvalue weighted by Gasteiger charge is -2.29. The van der Waals surface area contributed by atoms with Crippen LogP contribution in [-0.2, 0) is 27.1 Å². The van der Waals surface area contributed by atoms with E-state index >= 15 is 0 Å². The maximum absolute atomic E-state index is 12.6. The Labute approximate surface area is 189 Å². The van der Waals surface area contributed by atoms with E-state index in [1.807, 2.05) is 36.5 Å². The second-order valence-electron chi connectivity index (χ2n) is 8.61. The van der Waals surface area contributed by atoms with Crippen molar-refractivity contribution in [2.75, 3.05) is 32.1 Å². The van der Waals surface area contributed by atoms with Crippen LogP contribution in [0, 0.1) is 0 Å². The second kappa shape index (κ2) is 10.1. The summed E-state index contributed by atoms with van der Waals surface area (Å²) in [5.41, 5.74) is 3.51. The Balaban J connectivity index is 1.75. The molecule has 7 nitrogen and oxygen atoms in total. The molecule has 170 valence electrons. The van der Waals surface area contributed by atoms with Crippen LogP contribution in [0.1, 0.15) is 37.9 Å². The largest absolute Gasteiger partial charge is 0.466 e. The van der Waals surface area contributed by atoms with E-state index in [4.69, 9.17) is 19.4 Å². The number of nitrogens with one attached hydrogen (secondary N) is 1. The van der Waals surface area contributed by atoms with Crippen LogP contribution >= 0.6 is 0 Å². The number of methoxy groups -OCH3 is 1. The fraction of sp³-hybridized carbons (Fsp3) is 0.480. The average molecular weight is 437 g/mol. The van der Waals surface area contributed by atoms with Crippen LogP contribution in [0.25, 0.3) is 11.4 Å². The van der Waals surface area contributed by atoms with Gasteiger partial charge in [-0.15, -0.1) is 0 Å². The number of anilines is 1. The standard InChI is InChI=1S/C25H32N4O3/c1-17(2)29-12-11-22-21(14-19(16-29)25(30)31-3)24(26-15-20-10-7-13-32-20)28-23(27-22)18-8-5-4-6-9-18/h4-6,8-9,16-17,20H,7,10-15H2,1-3H3,(H,26,27,28). The molecule has 1 aromatic carbocycles. The lowest BCUT2D eigenvalue weighted by atomic mass is 9.99. The summed E-state index contributed by atoms with van der Waals surface area (Å²) in [5, 5.41) is 3.52. The molecular weight excluding hydrogens is 404 g/mol. The summed E-state index contributed by atoms with van der Waals surface area (Å²) >= 11 is 0. The van der Waals surface area contributed by atoms with Crippen LogP contribution in [0.3, 0.4) is 0 Å². The van der Waals surface area contributed by atoms with Crippen molar-refractivity contribution in [3.05, 3.63) is 53.4 Å². The van der Waals surface area contributed by atoms with Crippen LogP contribution in [0.2, 0.25) is 0 Å². The van der Waals surface area contributed by atoms with E-state index < -0.39 is 0 Å². The topological polar surface area (TPSA) is 76.6 Å². The van der Waals surface area contributed by atoms with Gasteiger partial charge in [0.05, 0.1) is 24.5 Å². The van der Waals surface area contributed by atoms with Crippen LogP contribution in [0.5, 0.6) is 0 Å². The maximum atomic E-state index is 12.6. The first kappa shape index (κ1) is 22.3. The molecule has 0 aliphatic carbocycles. The van der Waals surface area contributed by atoms with Gasteiger partial charge in [0, 0.05) is 55.9 Å². The molecule has 32 heavy (non-hydrogen) atoms. The number of nitrogens with zero attached hydrogens (tertiary/aromatic N) is 3. The van der Waals surface area contributed by atoms with Crippen LogP contribution < -0.4 is 5.32 Å². The molecule has 1 aromatic heterocycles. The van der Waals surface area contributed by atoms with Gasteiger partial charge >= 0.3 is 5.97 Å². The molecule has 7 heteroatoms. The molecule has 2 aromatic rings. The van der Waals surface area contributed by atoms with E-state index in [-0.39, 0.29) is 18.1 Å². The molecule has 3 heterocycles. The molecule has 1 atom stereocenters. The second-order valence-corrected chi connectivity index (χ2v) is 8.61. The molecule has 1 fully saturated rings. The third-order valence-corrected chi connectivity index (χ3v) is 6.05. The molecule has 1 unspecified atom stereocenters. The van der Waals surface area contributed by atoms with Crippen molar-refractivity contribution in [1.82, 2.24) is 14.9 Å². The number of hydrogen-bond acceptors (Lipinski definition) is 7. The van der Waals surface area contributed by atoms with E-state index in [2.05, 4.69) is 24.1 Å². The van der Waals surface area contributed by atoms with Crippen LogP contribution in [0.4, 0.5) is 5.82 Å². The van der Waals surface area contributed by atoms with Crippen molar-refractivity contribution in [3.8, 4) is 11.4 Å².